The average molecular weight is 254 g/mol. The highest BCUT2D eigenvalue weighted by Crippen LogP contribution is 2.14. The molecular formula is C12H18N2O4. The van der Waals surface area contributed by atoms with Crippen LogP contribution in [0.1, 0.15) is 29.1 Å². The van der Waals surface area contributed by atoms with Gasteiger partial charge in [-0.25, -0.2) is 4.98 Å². The maximum absolute atomic E-state index is 12.3. The molecular weight excluding hydrogens is 236 g/mol. The van der Waals surface area contributed by atoms with E-state index in [0.717, 1.165) is 0 Å². The van der Waals surface area contributed by atoms with E-state index in [2.05, 4.69) is 4.98 Å². The Morgan fingerprint density at radius 1 is 1.61 bits per heavy atom. The first-order valence-corrected chi connectivity index (χ1v) is 6.13. The molecule has 18 heavy (non-hydrogen) atoms. The summed E-state index contributed by atoms with van der Waals surface area (Å²) in [5, 5.41) is 9.61. The normalized spacial score (nSPS) is 20.8. The van der Waals surface area contributed by atoms with Crippen molar-refractivity contribution in [2.24, 2.45) is 0 Å². The van der Waals surface area contributed by atoms with Crippen LogP contribution in [0.4, 0.5) is 0 Å². The molecule has 1 aliphatic heterocycles. The summed E-state index contributed by atoms with van der Waals surface area (Å²) in [6.07, 6.45) is 0.00479. The number of ether oxygens (including phenoxy) is 1. The van der Waals surface area contributed by atoms with E-state index in [-0.39, 0.29) is 24.8 Å². The Morgan fingerprint density at radius 3 is 3.06 bits per heavy atom. The van der Waals surface area contributed by atoms with Gasteiger partial charge in [0.05, 0.1) is 25.0 Å². The van der Waals surface area contributed by atoms with Crippen molar-refractivity contribution in [2.45, 2.75) is 26.4 Å². The molecule has 1 aromatic rings. The molecule has 6 heteroatoms. The number of aliphatic hydroxyl groups excluding tert-OH is 1. The summed E-state index contributed by atoms with van der Waals surface area (Å²) >= 11 is 0. The van der Waals surface area contributed by atoms with Crippen LogP contribution < -0.4 is 0 Å². The SMILES string of the molecule is CCc1nc(C)c(C(=O)N2CCOC[C@@H](O)C2)o1. The zero-order valence-corrected chi connectivity index (χ0v) is 10.7. The lowest BCUT2D eigenvalue weighted by atomic mass is 10.3. The third kappa shape index (κ3) is 2.70. The third-order valence-corrected chi connectivity index (χ3v) is 2.87. The summed E-state index contributed by atoms with van der Waals surface area (Å²) in [6.45, 7) is 5.08. The van der Waals surface area contributed by atoms with E-state index in [0.29, 0.717) is 31.2 Å². The van der Waals surface area contributed by atoms with Gasteiger partial charge < -0.3 is 19.2 Å². The Hall–Kier alpha value is -1.40. The molecule has 0 spiro atoms. The zero-order chi connectivity index (χ0) is 13.1. The Labute approximate surface area is 106 Å². The number of rotatable bonds is 2. The molecule has 0 unspecified atom stereocenters. The zero-order valence-electron chi connectivity index (χ0n) is 10.7. The highest BCUT2D eigenvalue weighted by molar-refractivity contribution is 5.92. The standard InChI is InChI=1S/C12H18N2O4/c1-3-10-13-8(2)11(18-10)12(16)14-4-5-17-7-9(15)6-14/h9,15H,3-7H2,1-2H3/t9-/m0/s1. The van der Waals surface area contributed by atoms with E-state index in [9.17, 15) is 9.90 Å². The van der Waals surface area contributed by atoms with Crippen molar-refractivity contribution in [3.63, 3.8) is 0 Å². The lowest BCUT2D eigenvalue weighted by Gasteiger charge is -2.20. The van der Waals surface area contributed by atoms with Gasteiger partial charge >= 0.3 is 0 Å². The largest absolute Gasteiger partial charge is 0.435 e. The Kier molecular flexibility index (Phi) is 3.98. The quantitative estimate of drug-likeness (QED) is 0.825. The number of aryl methyl sites for hydroxylation is 2. The van der Waals surface area contributed by atoms with Crippen LogP contribution in [0.25, 0.3) is 0 Å². The molecule has 1 amide bonds. The van der Waals surface area contributed by atoms with Gasteiger partial charge in [-0.15, -0.1) is 0 Å². The van der Waals surface area contributed by atoms with Crippen molar-refractivity contribution in [1.82, 2.24) is 9.88 Å². The summed E-state index contributed by atoms with van der Waals surface area (Å²) in [5.74, 6) is 0.590. The van der Waals surface area contributed by atoms with E-state index in [1.807, 2.05) is 6.92 Å². The number of oxazole rings is 1. The first-order chi connectivity index (χ1) is 8.61. The van der Waals surface area contributed by atoms with Crippen molar-refractivity contribution in [3.05, 3.63) is 17.3 Å². The molecule has 1 N–H and O–H groups in total. The minimum absolute atomic E-state index is 0.232. The number of amides is 1. The highest BCUT2D eigenvalue weighted by atomic mass is 16.5. The van der Waals surface area contributed by atoms with Crippen molar-refractivity contribution in [3.8, 4) is 0 Å². The first-order valence-electron chi connectivity index (χ1n) is 6.13. The van der Waals surface area contributed by atoms with Crippen molar-refractivity contribution >= 4 is 5.91 Å². The molecule has 2 heterocycles. The van der Waals surface area contributed by atoms with Gasteiger partial charge in [-0.3, -0.25) is 4.79 Å². The van der Waals surface area contributed by atoms with Gasteiger partial charge in [-0.05, 0) is 6.92 Å². The van der Waals surface area contributed by atoms with E-state index < -0.39 is 6.10 Å². The predicted octanol–water partition coefficient (Wildman–Crippen LogP) is 0.379. The number of β-amino-alcohol motifs (C(OH)–C–C–N with tert-alkyl or cyclic N) is 1. The molecule has 0 saturated carbocycles. The van der Waals surface area contributed by atoms with Gasteiger partial charge in [0.2, 0.25) is 5.76 Å². The third-order valence-electron chi connectivity index (χ3n) is 2.87. The molecule has 0 radical (unpaired) electrons. The van der Waals surface area contributed by atoms with Crippen LogP contribution in [0, 0.1) is 6.92 Å². The van der Waals surface area contributed by atoms with Crippen LogP contribution in [-0.4, -0.2) is 53.3 Å². The number of carbonyl (C=O) groups is 1. The van der Waals surface area contributed by atoms with Crippen molar-refractivity contribution in [2.75, 3.05) is 26.3 Å². The molecule has 2 rings (SSSR count). The topological polar surface area (TPSA) is 75.8 Å². The minimum atomic E-state index is -0.648. The second-order valence-electron chi connectivity index (χ2n) is 4.36. The van der Waals surface area contributed by atoms with Gasteiger partial charge in [-0.1, -0.05) is 6.92 Å². The van der Waals surface area contributed by atoms with E-state index in [1.165, 1.54) is 0 Å². The molecule has 6 nitrogen and oxygen atoms in total. The van der Waals surface area contributed by atoms with E-state index in [4.69, 9.17) is 9.15 Å². The van der Waals surface area contributed by atoms with Crippen LogP contribution in [0.5, 0.6) is 0 Å². The Morgan fingerprint density at radius 2 is 2.39 bits per heavy atom. The van der Waals surface area contributed by atoms with Gasteiger partial charge in [-0.2, -0.15) is 0 Å². The van der Waals surface area contributed by atoms with Gasteiger partial charge in [0.1, 0.15) is 0 Å². The second-order valence-corrected chi connectivity index (χ2v) is 4.36. The summed E-state index contributed by atoms with van der Waals surface area (Å²) in [5.41, 5.74) is 0.594. The average Bonchev–Trinajstić information content (AvgIpc) is 2.59. The molecule has 0 aliphatic carbocycles. The predicted molar refractivity (Wildman–Crippen MR) is 63.3 cm³/mol. The highest BCUT2D eigenvalue weighted by Gasteiger charge is 2.26. The lowest BCUT2D eigenvalue weighted by Crippen LogP contribution is -2.37. The van der Waals surface area contributed by atoms with Crippen LogP contribution in [0.15, 0.2) is 4.42 Å². The molecule has 1 atom stereocenters. The first kappa shape index (κ1) is 13.0. The molecule has 1 aliphatic rings. The Bertz CT molecular complexity index is 430. The molecule has 100 valence electrons. The van der Waals surface area contributed by atoms with Crippen LogP contribution in [0.2, 0.25) is 0 Å². The summed E-state index contributed by atoms with van der Waals surface area (Å²) < 4.78 is 10.6. The van der Waals surface area contributed by atoms with Gasteiger partial charge in [0.25, 0.3) is 5.91 Å². The number of aromatic nitrogens is 1. The fourth-order valence-electron chi connectivity index (χ4n) is 1.92. The fraction of sp³-hybridized carbons (Fsp3) is 0.667. The van der Waals surface area contributed by atoms with Crippen LogP contribution >= 0.6 is 0 Å². The van der Waals surface area contributed by atoms with Gasteiger partial charge in [0.15, 0.2) is 5.89 Å². The van der Waals surface area contributed by atoms with E-state index >= 15 is 0 Å². The van der Waals surface area contributed by atoms with Crippen molar-refractivity contribution < 1.29 is 19.1 Å². The number of hydrogen-bond donors (Lipinski definition) is 1. The maximum Gasteiger partial charge on any atom is 0.291 e. The maximum atomic E-state index is 12.3. The van der Waals surface area contributed by atoms with E-state index in [1.54, 1.807) is 11.8 Å². The minimum Gasteiger partial charge on any atom is -0.435 e. The second kappa shape index (κ2) is 5.49. The summed E-state index contributed by atoms with van der Waals surface area (Å²) in [4.78, 5) is 18.0. The summed E-state index contributed by atoms with van der Waals surface area (Å²) in [6, 6.07) is 0. The molecule has 0 aromatic carbocycles. The van der Waals surface area contributed by atoms with Gasteiger partial charge in [0, 0.05) is 19.5 Å². The lowest BCUT2D eigenvalue weighted by molar-refractivity contribution is 0.0525. The number of aliphatic hydroxyl groups is 1. The van der Waals surface area contributed by atoms with Crippen LogP contribution in [0.3, 0.4) is 0 Å². The molecule has 1 fully saturated rings. The molecule has 0 bridgehead atoms. The number of nitrogens with zero attached hydrogens (tertiary/aromatic N) is 2. The molecule has 1 aromatic heterocycles. The number of carbonyl (C=O) groups excluding carboxylic acids is 1. The smallest absolute Gasteiger partial charge is 0.291 e. The summed E-state index contributed by atoms with van der Waals surface area (Å²) in [7, 11) is 0. The Balaban J connectivity index is 2.16. The van der Waals surface area contributed by atoms with Crippen molar-refractivity contribution in [1.29, 1.82) is 0 Å². The molecule has 1 saturated heterocycles. The van der Waals surface area contributed by atoms with Crippen LogP contribution in [-0.2, 0) is 11.2 Å². The monoisotopic (exact) mass is 254 g/mol. The fourth-order valence-corrected chi connectivity index (χ4v) is 1.92. The number of hydrogen-bond acceptors (Lipinski definition) is 5.